The number of furan rings is 1. The molecule has 0 bridgehead atoms. The Kier molecular flexibility index (Phi) is 4.39. The van der Waals surface area contributed by atoms with Crippen molar-refractivity contribution >= 4 is 0 Å². The molecule has 0 amide bonds. The van der Waals surface area contributed by atoms with Crippen LogP contribution in [0.2, 0.25) is 0 Å². The van der Waals surface area contributed by atoms with E-state index in [1.165, 1.54) is 5.56 Å². The van der Waals surface area contributed by atoms with Crippen LogP contribution in [0.1, 0.15) is 36.4 Å². The summed E-state index contributed by atoms with van der Waals surface area (Å²) in [5, 5.41) is 3.55. The van der Waals surface area contributed by atoms with Crippen molar-refractivity contribution in [3.05, 3.63) is 65.7 Å². The molecule has 0 fully saturated rings. The number of benzene rings is 1. The fourth-order valence-corrected chi connectivity index (χ4v) is 2.50. The highest BCUT2D eigenvalue weighted by Crippen LogP contribution is 2.23. The van der Waals surface area contributed by atoms with Crippen LogP contribution >= 0.6 is 0 Å². The van der Waals surface area contributed by atoms with E-state index in [2.05, 4.69) is 41.5 Å². The Hall–Kier alpha value is -2.33. The summed E-state index contributed by atoms with van der Waals surface area (Å²) in [6.45, 7) is 4.78. The number of oxazole rings is 1. The summed E-state index contributed by atoms with van der Waals surface area (Å²) in [6.07, 6.45) is 2.64. The molecular weight excluding hydrogens is 276 g/mol. The first kappa shape index (κ1) is 14.6. The van der Waals surface area contributed by atoms with Crippen LogP contribution in [0, 0.1) is 6.92 Å². The molecule has 0 unspecified atom stereocenters. The van der Waals surface area contributed by atoms with Crippen LogP contribution in [0.5, 0.6) is 0 Å². The number of nitrogens with one attached hydrogen (secondary N) is 1. The van der Waals surface area contributed by atoms with Crippen LogP contribution in [-0.4, -0.2) is 4.98 Å². The first-order valence-electron chi connectivity index (χ1n) is 7.56. The first-order chi connectivity index (χ1) is 10.8. The molecule has 0 saturated heterocycles. The van der Waals surface area contributed by atoms with Crippen molar-refractivity contribution < 1.29 is 8.83 Å². The van der Waals surface area contributed by atoms with Gasteiger partial charge in [-0.3, -0.25) is 0 Å². The van der Waals surface area contributed by atoms with E-state index in [0.29, 0.717) is 24.2 Å². The van der Waals surface area contributed by atoms with E-state index >= 15 is 0 Å². The van der Waals surface area contributed by atoms with E-state index in [1.54, 1.807) is 6.26 Å². The second-order valence-electron chi connectivity index (χ2n) is 5.25. The van der Waals surface area contributed by atoms with Gasteiger partial charge in [-0.1, -0.05) is 37.3 Å². The summed E-state index contributed by atoms with van der Waals surface area (Å²) in [4.78, 5) is 4.53. The van der Waals surface area contributed by atoms with Gasteiger partial charge in [0.1, 0.15) is 5.76 Å². The molecule has 0 spiro atoms. The van der Waals surface area contributed by atoms with Gasteiger partial charge in [-0.15, -0.1) is 0 Å². The van der Waals surface area contributed by atoms with Crippen molar-refractivity contribution in [1.29, 1.82) is 0 Å². The Morgan fingerprint density at radius 3 is 2.64 bits per heavy atom. The second kappa shape index (κ2) is 6.62. The number of hydrogen-bond acceptors (Lipinski definition) is 4. The van der Waals surface area contributed by atoms with Gasteiger partial charge in [0.15, 0.2) is 5.76 Å². The maximum Gasteiger partial charge on any atom is 0.263 e. The van der Waals surface area contributed by atoms with Gasteiger partial charge in [-0.25, -0.2) is 4.98 Å². The van der Waals surface area contributed by atoms with Crippen molar-refractivity contribution in [2.45, 2.75) is 32.9 Å². The van der Waals surface area contributed by atoms with E-state index < -0.39 is 0 Å². The maximum atomic E-state index is 5.69. The topological polar surface area (TPSA) is 51.2 Å². The Bertz CT molecular complexity index is 702. The highest BCUT2D eigenvalue weighted by atomic mass is 16.4. The second-order valence-corrected chi connectivity index (χ2v) is 5.25. The van der Waals surface area contributed by atoms with Crippen LogP contribution in [-0.2, 0) is 6.54 Å². The lowest BCUT2D eigenvalue weighted by Crippen LogP contribution is -2.20. The lowest BCUT2D eigenvalue weighted by atomic mass is 10.0. The minimum atomic E-state index is 0.310. The SMILES string of the molecule is CC[C@@H](NCc1nc(-c2ccco2)oc1C)c1ccccc1. The van der Waals surface area contributed by atoms with Gasteiger partial charge in [0.05, 0.1) is 12.0 Å². The summed E-state index contributed by atoms with van der Waals surface area (Å²) in [6, 6.07) is 14.4. The normalized spacial score (nSPS) is 12.5. The molecule has 4 nitrogen and oxygen atoms in total. The van der Waals surface area contributed by atoms with Crippen molar-refractivity contribution in [1.82, 2.24) is 10.3 Å². The van der Waals surface area contributed by atoms with Gasteiger partial charge in [0, 0.05) is 12.6 Å². The fraction of sp³-hybridized carbons (Fsp3) is 0.278. The molecule has 3 rings (SSSR count). The van der Waals surface area contributed by atoms with Gasteiger partial charge in [0.2, 0.25) is 0 Å². The Balaban J connectivity index is 1.71. The summed E-state index contributed by atoms with van der Waals surface area (Å²) in [7, 11) is 0. The van der Waals surface area contributed by atoms with Crippen LogP contribution in [0.15, 0.2) is 57.6 Å². The van der Waals surface area contributed by atoms with Gasteiger partial charge in [-0.05, 0) is 31.0 Å². The molecule has 1 aromatic carbocycles. The predicted octanol–water partition coefficient (Wildman–Crippen LogP) is 4.48. The molecule has 0 aliphatic heterocycles. The predicted molar refractivity (Wildman–Crippen MR) is 85.3 cm³/mol. The van der Waals surface area contributed by atoms with Crippen LogP contribution in [0.4, 0.5) is 0 Å². The van der Waals surface area contributed by atoms with Gasteiger partial charge >= 0.3 is 0 Å². The molecule has 1 atom stereocenters. The molecule has 3 aromatic rings. The minimum Gasteiger partial charge on any atom is -0.459 e. The number of aryl methyl sites for hydroxylation is 1. The first-order valence-corrected chi connectivity index (χ1v) is 7.56. The van der Waals surface area contributed by atoms with Crippen molar-refractivity contribution in [2.75, 3.05) is 0 Å². The van der Waals surface area contributed by atoms with Gasteiger partial charge in [-0.2, -0.15) is 0 Å². The van der Waals surface area contributed by atoms with Crippen molar-refractivity contribution in [3.8, 4) is 11.7 Å². The number of rotatable bonds is 6. The molecule has 2 aromatic heterocycles. The van der Waals surface area contributed by atoms with E-state index in [0.717, 1.165) is 17.9 Å². The molecule has 0 aliphatic carbocycles. The molecule has 22 heavy (non-hydrogen) atoms. The third-order valence-corrected chi connectivity index (χ3v) is 3.75. The van der Waals surface area contributed by atoms with E-state index in [9.17, 15) is 0 Å². The van der Waals surface area contributed by atoms with Gasteiger partial charge < -0.3 is 14.2 Å². The molecule has 2 heterocycles. The molecule has 4 heteroatoms. The zero-order valence-electron chi connectivity index (χ0n) is 12.9. The average Bonchev–Trinajstić information content (AvgIpc) is 3.19. The summed E-state index contributed by atoms with van der Waals surface area (Å²) in [5.41, 5.74) is 2.21. The molecule has 114 valence electrons. The van der Waals surface area contributed by atoms with E-state index in [4.69, 9.17) is 8.83 Å². The zero-order valence-corrected chi connectivity index (χ0v) is 12.9. The molecule has 1 N–H and O–H groups in total. The Labute approximate surface area is 130 Å². The Morgan fingerprint density at radius 1 is 1.14 bits per heavy atom. The Morgan fingerprint density at radius 2 is 1.95 bits per heavy atom. The molecule has 0 aliphatic rings. The van der Waals surface area contributed by atoms with Crippen LogP contribution < -0.4 is 5.32 Å². The lowest BCUT2D eigenvalue weighted by molar-refractivity contribution is 0.492. The highest BCUT2D eigenvalue weighted by Gasteiger charge is 2.15. The van der Waals surface area contributed by atoms with Crippen LogP contribution in [0.25, 0.3) is 11.7 Å². The lowest BCUT2D eigenvalue weighted by Gasteiger charge is -2.16. The molecule has 0 saturated carbocycles. The van der Waals surface area contributed by atoms with Crippen molar-refractivity contribution in [3.63, 3.8) is 0 Å². The minimum absolute atomic E-state index is 0.310. The molecule has 0 radical (unpaired) electrons. The summed E-state index contributed by atoms with van der Waals surface area (Å²) < 4.78 is 11.0. The average molecular weight is 296 g/mol. The van der Waals surface area contributed by atoms with E-state index in [-0.39, 0.29) is 0 Å². The van der Waals surface area contributed by atoms with E-state index in [1.807, 2.05) is 25.1 Å². The van der Waals surface area contributed by atoms with Crippen molar-refractivity contribution in [2.24, 2.45) is 0 Å². The maximum absolute atomic E-state index is 5.69. The monoisotopic (exact) mass is 296 g/mol. The standard InChI is InChI=1S/C18H20N2O2/c1-3-15(14-8-5-4-6-9-14)19-12-16-13(2)22-18(20-16)17-10-7-11-21-17/h4-11,15,19H,3,12H2,1-2H3/t15-/m1/s1. The molecular formula is C18H20N2O2. The largest absolute Gasteiger partial charge is 0.459 e. The number of aromatic nitrogens is 1. The summed E-state index contributed by atoms with van der Waals surface area (Å²) >= 11 is 0. The third kappa shape index (κ3) is 3.12. The van der Waals surface area contributed by atoms with Crippen LogP contribution in [0.3, 0.4) is 0 Å². The zero-order chi connectivity index (χ0) is 15.4. The quantitative estimate of drug-likeness (QED) is 0.728. The summed E-state index contributed by atoms with van der Waals surface area (Å²) in [5.74, 6) is 2.01. The smallest absolute Gasteiger partial charge is 0.263 e. The fourth-order valence-electron chi connectivity index (χ4n) is 2.50. The number of hydrogen-bond donors (Lipinski definition) is 1. The third-order valence-electron chi connectivity index (χ3n) is 3.75. The van der Waals surface area contributed by atoms with Gasteiger partial charge in [0.25, 0.3) is 5.89 Å². The highest BCUT2D eigenvalue weighted by molar-refractivity contribution is 5.44. The number of nitrogens with zero attached hydrogens (tertiary/aromatic N) is 1.